The van der Waals surface area contributed by atoms with Crippen LogP contribution in [0.4, 0.5) is 0 Å². The molecule has 0 amide bonds. The van der Waals surface area contributed by atoms with Gasteiger partial charge < -0.3 is 5.32 Å². The minimum atomic E-state index is 0. The second-order valence-corrected chi connectivity index (χ2v) is 2.58. The highest BCUT2D eigenvalue weighted by atomic mass is 35.5. The Morgan fingerprint density at radius 1 is 1.36 bits per heavy atom. The van der Waals surface area contributed by atoms with Gasteiger partial charge in [0, 0.05) is 18.4 Å². The van der Waals surface area contributed by atoms with E-state index in [0.29, 0.717) is 6.04 Å². The van der Waals surface area contributed by atoms with E-state index in [9.17, 15) is 0 Å². The highest BCUT2D eigenvalue weighted by Crippen LogP contribution is 2.20. The molecule has 2 nitrogen and oxygen atoms in total. The quantitative estimate of drug-likeness (QED) is 0.692. The smallest absolute Gasteiger partial charge is 0.0333 e. The SMILES string of the molecule is Cl.c1cc([C@@H]2CCN2)ccn1. The van der Waals surface area contributed by atoms with Gasteiger partial charge in [-0.25, -0.2) is 0 Å². The molecule has 1 aliphatic heterocycles. The van der Waals surface area contributed by atoms with Crippen molar-refractivity contribution >= 4 is 12.4 Å². The average molecular weight is 171 g/mol. The third-order valence-electron chi connectivity index (χ3n) is 1.93. The lowest BCUT2D eigenvalue weighted by atomic mass is 9.99. The lowest BCUT2D eigenvalue weighted by molar-refractivity contribution is 0.383. The molecule has 0 unspecified atom stereocenters. The van der Waals surface area contributed by atoms with Crippen LogP contribution in [-0.4, -0.2) is 11.5 Å². The Bertz CT molecular complexity index is 209. The summed E-state index contributed by atoms with van der Waals surface area (Å²) in [6, 6.07) is 4.73. The maximum Gasteiger partial charge on any atom is 0.0333 e. The van der Waals surface area contributed by atoms with Gasteiger partial charge in [-0.05, 0) is 30.7 Å². The number of aromatic nitrogens is 1. The van der Waals surface area contributed by atoms with Crippen molar-refractivity contribution in [3.63, 3.8) is 0 Å². The molecule has 3 heteroatoms. The van der Waals surface area contributed by atoms with Gasteiger partial charge in [-0.2, -0.15) is 0 Å². The fourth-order valence-electron chi connectivity index (χ4n) is 1.17. The molecule has 2 heterocycles. The largest absolute Gasteiger partial charge is 0.310 e. The zero-order chi connectivity index (χ0) is 6.81. The molecular weight excluding hydrogens is 160 g/mol. The summed E-state index contributed by atoms with van der Waals surface area (Å²) in [6.45, 7) is 1.16. The second-order valence-electron chi connectivity index (χ2n) is 2.58. The second kappa shape index (κ2) is 3.69. The Hall–Kier alpha value is -0.600. The molecule has 2 rings (SSSR count). The van der Waals surface area contributed by atoms with Gasteiger partial charge in [0.1, 0.15) is 0 Å². The first-order valence-electron chi connectivity index (χ1n) is 3.60. The Kier molecular flexibility index (Phi) is 2.85. The van der Waals surface area contributed by atoms with E-state index in [2.05, 4.69) is 22.4 Å². The third-order valence-corrected chi connectivity index (χ3v) is 1.93. The molecule has 60 valence electrons. The fourth-order valence-corrected chi connectivity index (χ4v) is 1.17. The molecule has 1 fully saturated rings. The van der Waals surface area contributed by atoms with Crippen LogP contribution in [0.1, 0.15) is 18.0 Å². The summed E-state index contributed by atoms with van der Waals surface area (Å²) in [4.78, 5) is 3.96. The monoisotopic (exact) mass is 170 g/mol. The van der Waals surface area contributed by atoms with Crippen molar-refractivity contribution in [1.82, 2.24) is 10.3 Å². The number of hydrogen-bond donors (Lipinski definition) is 1. The number of nitrogens with zero attached hydrogens (tertiary/aromatic N) is 1. The molecule has 1 saturated heterocycles. The highest BCUT2D eigenvalue weighted by Gasteiger charge is 2.17. The normalized spacial score (nSPS) is 21.6. The van der Waals surface area contributed by atoms with Gasteiger partial charge in [-0.1, -0.05) is 0 Å². The van der Waals surface area contributed by atoms with Crippen LogP contribution in [-0.2, 0) is 0 Å². The summed E-state index contributed by atoms with van der Waals surface area (Å²) >= 11 is 0. The zero-order valence-electron chi connectivity index (χ0n) is 6.16. The standard InChI is InChI=1S/C8H10N2.ClH/c1-4-9-5-2-7(1)8-3-6-10-8;/h1-2,4-5,8,10H,3,6H2;1H/t8-;/m0./s1. The Balaban J connectivity index is 0.000000605. The predicted molar refractivity (Wildman–Crippen MR) is 46.8 cm³/mol. The molecule has 1 N–H and O–H groups in total. The number of pyridine rings is 1. The number of halogens is 1. The van der Waals surface area contributed by atoms with Gasteiger partial charge in [-0.15, -0.1) is 12.4 Å². The van der Waals surface area contributed by atoms with Crippen LogP contribution in [0.5, 0.6) is 0 Å². The molecule has 1 aliphatic rings. The van der Waals surface area contributed by atoms with Crippen LogP contribution >= 0.6 is 12.4 Å². The van der Waals surface area contributed by atoms with E-state index in [1.165, 1.54) is 12.0 Å². The summed E-state index contributed by atoms with van der Waals surface area (Å²) < 4.78 is 0. The van der Waals surface area contributed by atoms with Crippen molar-refractivity contribution in [2.24, 2.45) is 0 Å². The maximum absolute atomic E-state index is 3.96. The molecule has 0 spiro atoms. The third kappa shape index (κ3) is 1.70. The van der Waals surface area contributed by atoms with Crippen LogP contribution < -0.4 is 5.32 Å². The molecule has 1 aromatic rings. The average Bonchev–Trinajstić information content (AvgIpc) is 1.86. The van der Waals surface area contributed by atoms with Crippen LogP contribution in [0.15, 0.2) is 24.5 Å². The van der Waals surface area contributed by atoms with Gasteiger partial charge in [0.15, 0.2) is 0 Å². The number of hydrogen-bond acceptors (Lipinski definition) is 2. The van der Waals surface area contributed by atoms with E-state index in [4.69, 9.17) is 0 Å². The van der Waals surface area contributed by atoms with Crippen molar-refractivity contribution in [3.8, 4) is 0 Å². The first kappa shape index (κ1) is 8.50. The summed E-state index contributed by atoms with van der Waals surface area (Å²) in [5.41, 5.74) is 1.36. The Labute approximate surface area is 72.4 Å². The van der Waals surface area contributed by atoms with Crippen molar-refractivity contribution in [2.75, 3.05) is 6.54 Å². The topological polar surface area (TPSA) is 24.9 Å². The molecular formula is C8H11ClN2. The fraction of sp³-hybridized carbons (Fsp3) is 0.375. The molecule has 1 atom stereocenters. The molecule has 0 aromatic carbocycles. The molecule has 1 aromatic heterocycles. The van der Waals surface area contributed by atoms with Crippen molar-refractivity contribution in [1.29, 1.82) is 0 Å². The summed E-state index contributed by atoms with van der Waals surface area (Å²) in [5.74, 6) is 0. The molecule has 0 saturated carbocycles. The summed E-state index contributed by atoms with van der Waals surface area (Å²) in [7, 11) is 0. The van der Waals surface area contributed by atoms with Gasteiger partial charge in [0.2, 0.25) is 0 Å². The van der Waals surface area contributed by atoms with Crippen LogP contribution in [0.3, 0.4) is 0 Å². The minimum absolute atomic E-state index is 0. The lowest BCUT2D eigenvalue weighted by Crippen LogP contribution is -2.34. The van der Waals surface area contributed by atoms with Crippen molar-refractivity contribution < 1.29 is 0 Å². The van der Waals surface area contributed by atoms with E-state index in [-0.39, 0.29) is 12.4 Å². The highest BCUT2D eigenvalue weighted by molar-refractivity contribution is 5.85. The van der Waals surface area contributed by atoms with E-state index in [1.807, 2.05) is 12.4 Å². The first-order valence-corrected chi connectivity index (χ1v) is 3.60. The number of rotatable bonds is 1. The zero-order valence-corrected chi connectivity index (χ0v) is 6.97. The Morgan fingerprint density at radius 3 is 2.45 bits per heavy atom. The summed E-state index contributed by atoms with van der Waals surface area (Å²) in [5, 5.41) is 3.33. The van der Waals surface area contributed by atoms with Gasteiger partial charge in [-0.3, -0.25) is 4.98 Å². The van der Waals surface area contributed by atoms with Gasteiger partial charge in [0.25, 0.3) is 0 Å². The van der Waals surface area contributed by atoms with E-state index in [0.717, 1.165) is 6.54 Å². The van der Waals surface area contributed by atoms with E-state index in [1.54, 1.807) is 0 Å². The number of nitrogens with one attached hydrogen (secondary N) is 1. The van der Waals surface area contributed by atoms with Gasteiger partial charge >= 0.3 is 0 Å². The molecule has 0 bridgehead atoms. The van der Waals surface area contributed by atoms with Crippen molar-refractivity contribution in [2.45, 2.75) is 12.5 Å². The summed E-state index contributed by atoms with van der Waals surface area (Å²) in [6.07, 6.45) is 4.95. The molecule has 11 heavy (non-hydrogen) atoms. The van der Waals surface area contributed by atoms with Crippen LogP contribution in [0.25, 0.3) is 0 Å². The van der Waals surface area contributed by atoms with Crippen LogP contribution in [0, 0.1) is 0 Å². The van der Waals surface area contributed by atoms with E-state index >= 15 is 0 Å². The maximum atomic E-state index is 3.96. The molecule has 0 radical (unpaired) electrons. The van der Waals surface area contributed by atoms with E-state index < -0.39 is 0 Å². The Morgan fingerprint density at radius 2 is 2.00 bits per heavy atom. The van der Waals surface area contributed by atoms with Crippen molar-refractivity contribution in [3.05, 3.63) is 30.1 Å². The first-order chi connectivity index (χ1) is 4.97. The predicted octanol–water partition coefficient (Wildman–Crippen LogP) is 1.54. The molecule has 0 aliphatic carbocycles. The minimum Gasteiger partial charge on any atom is -0.310 e. The van der Waals surface area contributed by atoms with Gasteiger partial charge in [0.05, 0.1) is 0 Å². The van der Waals surface area contributed by atoms with Crippen LogP contribution in [0.2, 0.25) is 0 Å². The lowest BCUT2D eigenvalue weighted by Gasteiger charge is -2.27.